The molecule has 0 bridgehead atoms. The predicted octanol–water partition coefficient (Wildman–Crippen LogP) is 2.57. The molecule has 0 atom stereocenters. The first-order valence-electron chi connectivity index (χ1n) is 6.75. The molecule has 1 aromatic heterocycles. The van der Waals surface area contributed by atoms with Crippen LogP contribution in [0.2, 0.25) is 0 Å². The maximum atomic E-state index is 5.14. The highest BCUT2D eigenvalue weighted by Gasteiger charge is 1.98. The lowest BCUT2D eigenvalue weighted by atomic mass is 10.1. The highest BCUT2D eigenvalue weighted by atomic mass is 16.5. The normalized spacial score (nSPS) is 10.1. The summed E-state index contributed by atoms with van der Waals surface area (Å²) in [5.41, 5.74) is 1.26. The van der Waals surface area contributed by atoms with Gasteiger partial charge >= 0.3 is 0 Å². The second-order valence-corrected chi connectivity index (χ2v) is 4.32. The van der Waals surface area contributed by atoms with Crippen molar-refractivity contribution < 1.29 is 4.74 Å². The summed E-state index contributed by atoms with van der Waals surface area (Å²) in [6.07, 6.45) is 2.69. The summed E-state index contributed by atoms with van der Waals surface area (Å²) in [7, 11) is 1.67. The van der Waals surface area contributed by atoms with Crippen LogP contribution in [0.15, 0.2) is 36.5 Å². The Morgan fingerprint density at radius 3 is 2.60 bits per heavy atom. The third-order valence-electron chi connectivity index (χ3n) is 2.87. The largest absolute Gasteiger partial charge is 0.497 e. The van der Waals surface area contributed by atoms with E-state index in [4.69, 9.17) is 4.74 Å². The van der Waals surface area contributed by atoms with E-state index in [1.807, 2.05) is 25.1 Å². The van der Waals surface area contributed by atoms with Gasteiger partial charge in [0.15, 0.2) is 0 Å². The van der Waals surface area contributed by atoms with Gasteiger partial charge in [-0.1, -0.05) is 12.1 Å². The van der Waals surface area contributed by atoms with Crippen molar-refractivity contribution in [3.8, 4) is 5.75 Å². The fourth-order valence-corrected chi connectivity index (χ4v) is 1.83. The lowest BCUT2D eigenvalue weighted by molar-refractivity contribution is 0.414. The molecule has 5 nitrogen and oxygen atoms in total. The molecule has 0 radical (unpaired) electrons. The zero-order chi connectivity index (χ0) is 14.2. The fourth-order valence-electron chi connectivity index (χ4n) is 1.83. The van der Waals surface area contributed by atoms with Gasteiger partial charge < -0.3 is 15.4 Å². The Labute approximate surface area is 119 Å². The second-order valence-electron chi connectivity index (χ2n) is 4.32. The molecule has 0 fully saturated rings. The van der Waals surface area contributed by atoms with E-state index in [9.17, 15) is 0 Å². The van der Waals surface area contributed by atoms with Crippen molar-refractivity contribution in [2.75, 3.05) is 30.8 Å². The number of benzene rings is 1. The molecular weight excluding hydrogens is 252 g/mol. The van der Waals surface area contributed by atoms with Crippen molar-refractivity contribution in [2.45, 2.75) is 13.3 Å². The quantitative estimate of drug-likeness (QED) is 0.811. The summed E-state index contributed by atoms with van der Waals surface area (Å²) >= 11 is 0. The maximum Gasteiger partial charge on any atom is 0.224 e. The highest BCUT2D eigenvalue weighted by Crippen LogP contribution is 2.12. The van der Waals surface area contributed by atoms with E-state index in [-0.39, 0.29) is 0 Å². The molecule has 1 heterocycles. The fraction of sp³-hybridized carbons (Fsp3) is 0.333. The summed E-state index contributed by atoms with van der Waals surface area (Å²) in [5, 5.41) is 6.39. The summed E-state index contributed by atoms with van der Waals surface area (Å²) in [6, 6.07) is 9.97. The van der Waals surface area contributed by atoms with E-state index in [1.54, 1.807) is 13.3 Å². The van der Waals surface area contributed by atoms with Gasteiger partial charge in [0.1, 0.15) is 11.6 Å². The summed E-state index contributed by atoms with van der Waals surface area (Å²) < 4.78 is 5.14. The Morgan fingerprint density at radius 2 is 1.90 bits per heavy atom. The van der Waals surface area contributed by atoms with E-state index in [1.165, 1.54) is 5.56 Å². The van der Waals surface area contributed by atoms with Crippen molar-refractivity contribution in [1.82, 2.24) is 9.97 Å². The van der Waals surface area contributed by atoms with Gasteiger partial charge in [0.2, 0.25) is 5.95 Å². The lowest BCUT2D eigenvalue weighted by Gasteiger charge is -2.08. The average molecular weight is 272 g/mol. The minimum atomic E-state index is 0.655. The summed E-state index contributed by atoms with van der Waals surface area (Å²) in [4.78, 5) is 8.51. The number of aromatic nitrogens is 2. The number of methoxy groups -OCH3 is 1. The van der Waals surface area contributed by atoms with E-state index in [0.717, 1.165) is 31.1 Å². The first-order valence-corrected chi connectivity index (χ1v) is 6.75. The van der Waals surface area contributed by atoms with Crippen LogP contribution in [-0.2, 0) is 6.42 Å². The number of anilines is 2. The minimum Gasteiger partial charge on any atom is -0.497 e. The van der Waals surface area contributed by atoms with Crippen LogP contribution < -0.4 is 15.4 Å². The van der Waals surface area contributed by atoms with Crippen molar-refractivity contribution in [2.24, 2.45) is 0 Å². The monoisotopic (exact) mass is 272 g/mol. The average Bonchev–Trinajstić information content (AvgIpc) is 2.49. The molecule has 20 heavy (non-hydrogen) atoms. The van der Waals surface area contributed by atoms with Crippen molar-refractivity contribution >= 4 is 11.8 Å². The van der Waals surface area contributed by atoms with E-state index >= 15 is 0 Å². The Morgan fingerprint density at radius 1 is 1.10 bits per heavy atom. The minimum absolute atomic E-state index is 0.655. The van der Waals surface area contributed by atoms with Gasteiger partial charge in [0, 0.05) is 19.3 Å². The zero-order valence-electron chi connectivity index (χ0n) is 11.9. The SMILES string of the molecule is CCNc1nccc(NCCc2ccc(OC)cc2)n1. The van der Waals surface area contributed by atoms with E-state index < -0.39 is 0 Å². The Balaban J connectivity index is 1.84. The van der Waals surface area contributed by atoms with Crippen LogP contribution in [-0.4, -0.2) is 30.2 Å². The summed E-state index contributed by atoms with van der Waals surface area (Å²) in [6.45, 7) is 3.66. The molecule has 0 spiro atoms. The molecule has 1 aromatic carbocycles. The molecule has 0 aliphatic rings. The topological polar surface area (TPSA) is 59.1 Å². The molecule has 0 amide bonds. The molecule has 0 saturated heterocycles. The molecule has 2 aromatic rings. The second kappa shape index (κ2) is 7.33. The Hall–Kier alpha value is -2.30. The molecule has 106 valence electrons. The Kier molecular flexibility index (Phi) is 5.17. The zero-order valence-corrected chi connectivity index (χ0v) is 11.9. The third kappa shape index (κ3) is 4.12. The molecule has 0 saturated carbocycles. The lowest BCUT2D eigenvalue weighted by Crippen LogP contribution is -2.08. The van der Waals surface area contributed by atoms with Crippen molar-refractivity contribution in [3.05, 3.63) is 42.1 Å². The first-order chi connectivity index (χ1) is 9.81. The number of rotatable bonds is 7. The summed E-state index contributed by atoms with van der Waals surface area (Å²) in [5.74, 6) is 2.37. The standard InChI is InChI=1S/C15H20N4O/c1-3-16-15-18-11-9-14(19-15)17-10-8-12-4-6-13(20-2)7-5-12/h4-7,9,11H,3,8,10H2,1-2H3,(H2,16,17,18,19). The van der Waals surface area contributed by atoms with Crippen molar-refractivity contribution in [1.29, 1.82) is 0 Å². The predicted molar refractivity (Wildman–Crippen MR) is 81.4 cm³/mol. The van der Waals surface area contributed by atoms with Crippen LogP contribution in [0.4, 0.5) is 11.8 Å². The number of hydrogen-bond acceptors (Lipinski definition) is 5. The Bertz CT molecular complexity index is 528. The van der Waals surface area contributed by atoms with Gasteiger partial charge in [-0.15, -0.1) is 0 Å². The van der Waals surface area contributed by atoms with Crippen LogP contribution in [0, 0.1) is 0 Å². The van der Waals surface area contributed by atoms with E-state index in [0.29, 0.717) is 5.95 Å². The van der Waals surface area contributed by atoms with Crippen LogP contribution >= 0.6 is 0 Å². The van der Waals surface area contributed by atoms with Gasteiger partial charge in [0.25, 0.3) is 0 Å². The van der Waals surface area contributed by atoms with E-state index in [2.05, 4.69) is 32.7 Å². The molecular formula is C15H20N4O. The van der Waals surface area contributed by atoms with Crippen LogP contribution in [0.25, 0.3) is 0 Å². The number of nitrogens with one attached hydrogen (secondary N) is 2. The number of ether oxygens (including phenoxy) is 1. The van der Waals surface area contributed by atoms with Crippen LogP contribution in [0.1, 0.15) is 12.5 Å². The third-order valence-corrected chi connectivity index (χ3v) is 2.87. The maximum absolute atomic E-state index is 5.14. The van der Waals surface area contributed by atoms with Crippen molar-refractivity contribution in [3.63, 3.8) is 0 Å². The molecule has 0 aliphatic carbocycles. The van der Waals surface area contributed by atoms with Gasteiger partial charge in [0.05, 0.1) is 7.11 Å². The van der Waals surface area contributed by atoms with Gasteiger partial charge in [-0.25, -0.2) is 4.98 Å². The van der Waals surface area contributed by atoms with Gasteiger partial charge in [-0.2, -0.15) is 4.98 Å². The van der Waals surface area contributed by atoms with Crippen LogP contribution in [0.5, 0.6) is 5.75 Å². The van der Waals surface area contributed by atoms with Gasteiger partial charge in [-0.3, -0.25) is 0 Å². The highest BCUT2D eigenvalue weighted by molar-refractivity contribution is 5.39. The van der Waals surface area contributed by atoms with Crippen LogP contribution in [0.3, 0.4) is 0 Å². The molecule has 5 heteroatoms. The molecule has 2 N–H and O–H groups in total. The number of hydrogen-bond donors (Lipinski definition) is 2. The smallest absolute Gasteiger partial charge is 0.224 e. The number of nitrogens with zero attached hydrogens (tertiary/aromatic N) is 2. The molecule has 0 aliphatic heterocycles. The molecule has 0 unspecified atom stereocenters. The molecule has 2 rings (SSSR count). The van der Waals surface area contributed by atoms with Gasteiger partial charge in [-0.05, 0) is 37.1 Å². The first kappa shape index (κ1) is 14.1.